The van der Waals surface area contributed by atoms with Crippen molar-refractivity contribution in [1.29, 1.82) is 0 Å². The van der Waals surface area contributed by atoms with Crippen LogP contribution in [0.2, 0.25) is 0 Å². The number of aromatic nitrogens is 1. The van der Waals surface area contributed by atoms with Crippen LogP contribution in [0.3, 0.4) is 0 Å². The molecule has 0 bridgehead atoms. The zero-order chi connectivity index (χ0) is 16.9. The van der Waals surface area contributed by atoms with Gasteiger partial charge in [0.2, 0.25) is 5.76 Å². The number of carbonyl (C=O) groups excluding carboxylic acids is 1. The zero-order valence-corrected chi connectivity index (χ0v) is 14.3. The van der Waals surface area contributed by atoms with Gasteiger partial charge in [-0.3, -0.25) is 4.79 Å². The largest absolute Gasteiger partial charge is 0.376 e. The molecule has 5 nitrogen and oxygen atoms in total. The Hall–Kier alpha value is -2.14. The molecule has 0 spiro atoms. The topological polar surface area (TPSA) is 55.6 Å². The van der Waals surface area contributed by atoms with Crippen LogP contribution in [0.25, 0.3) is 0 Å². The van der Waals surface area contributed by atoms with E-state index >= 15 is 0 Å². The van der Waals surface area contributed by atoms with E-state index in [0.29, 0.717) is 24.5 Å². The summed E-state index contributed by atoms with van der Waals surface area (Å²) in [5, 5.41) is 3.83. The minimum atomic E-state index is -0.113. The van der Waals surface area contributed by atoms with E-state index in [-0.39, 0.29) is 12.0 Å². The fraction of sp³-hybridized carbons (Fsp3) is 0.474. The molecule has 1 aliphatic rings. The lowest BCUT2D eigenvalue weighted by Crippen LogP contribution is -2.38. The van der Waals surface area contributed by atoms with Gasteiger partial charge in [0.25, 0.3) is 5.91 Å². The molecule has 2 heterocycles. The molecular formula is C19H24N2O3. The highest BCUT2D eigenvalue weighted by atomic mass is 16.5. The van der Waals surface area contributed by atoms with Crippen molar-refractivity contribution in [2.75, 3.05) is 19.7 Å². The second-order valence-electron chi connectivity index (χ2n) is 6.45. The number of hydrogen-bond donors (Lipinski definition) is 0. The predicted octanol–water partition coefficient (Wildman–Crippen LogP) is 3.16. The first-order chi connectivity index (χ1) is 11.6. The highest BCUT2D eigenvalue weighted by Gasteiger charge is 2.25. The SMILES string of the molecule is Cc1ccc(CCN(CC2CCCO2)C(=O)c2cc(C)no2)cc1. The molecule has 3 rings (SSSR count). The fourth-order valence-electron chi connectivity index (χ4n) is 2.95. The Labute approximate surface area is 142 Å². The summed E-state index contributed by atoms with van der Waals surface area (Å²) in [5.41, 5.74) is 3.18. The first-order valence-electron chi connectivity index (χ1n) is 8.51. The van der Waals surface area contributed by atoms with Crippen LogP contribution in [0.4, 0.5) is 0 Å². The molecular weight excluding hydrogens is 304 g/mol. The van der Waals surface area contributed by atoms with E-state index in [2.05, 4.69) is 36.3 Å². The summed E-state index contributed by atoms with van der Waals surface area (Å²) in [6.07, 6.45) is 3.00. The molecule has 1 aliphatic heterocycles. The van der Waals surface area contributed by atoms with Gasteiger partial charge in [-0.15, -0.1) is 0 Å². The molecule has 1 atom stereocenters. The van der Waals surface area contributed by atoms with E-state index in [4.69, 9.17) is 9.26 Å². The van der Waals surface area contributed by atoms with E-state index in [1.165, 1.54) is 11.1 Å². The van der Waals surface area contributed by atoms with Gasteiger partial charge in [-0.05, 0) is 38.7 Å². The lowest BCUT2D eigenvalue weighted by atomic mass is 10.1. The molecule has 2 aromatic rings. The number of benzene rings is 1. The normalized spacial score (nSPS) is 17.2. The molecule has 1 aromatic heterocycles. The predicted molar refractivity (Wildman–Crippen MR) is 91.0 cm³/mol. The van der Waals surface area contributed by atoms with Crippen LogP contribution in [0, 0.1) is 13.8 Å². The summed E-state index contributed by atoms with van der Waals surface area (Å²) < 4.78 is 10.9. The molecule has 1 amide bonds. The van der Waals surface area contributed by atoms with E-state index in [9.17, 15) is 4.79 Å². The Kier molecular flexibility index (Phi) is 5.30. The van der Waals surface area contributed by atoms with Crippen LogP contribution in [0.15, 0.2) is 34.9 Å². The van der Waals surface area contributed by atoms with Crippen LogP contribution in [-0.2, 0) is 11.2 Å². The van der Waals surface area contributed by atoms with E-state index in [1.807, 2.05) is 11.8 Å². The third-order valence-electron chi connectivity index (χ3n) is 4.36. The van der Waals surface area contributed by atoms with Crippen molar-refractivity contribution in [3.05, 3.63) is 52.9 Å². The Morgan fingerprint density at radius 2 is 2.08 bits per heavy atom. The summed E-state index contributed by atoms with van der Waals surface area (Å²) in [7, 11) is 0. The van der Waals surface area contributed by atoms with E-state index in [0.717, 1.165) is 25.9 Å². The van der Waals surface area contributed by atoms with Crippen LogP contribution < -0.4 is 0 Å². The maximum Gasteiger partial charge on any atom is 0.292 e. The number of rotatable bonds is 6. The van der Waals surface area contributed by atoms with Gasteiger partial charge >= 0.3 is 0 Å². The van der Waals surface area contributed by atoms with Crippen molar-refractivity contribution in [1.82, 2.24) is 10.1 Å². The quantitative estimate of drug-likeness (QED) is 0.817. The monoisotopic (exact) mass is 328 g/mol. The van der Waals surface area contributed by atoms with Crippen molar-refractivity contribution >= 4 is 5.91 Å². The van der Waals surface area contributed by atoms with Gasteiger partial charge in [-0.1, -0.05) is 35.0 Å². The first-order valence-corrected chi connectivity index (χ1v) is 8.51. The highest BCUT2D eigenvalue weighted by Crippen LogP contribution is 2.16. The molecule has 1 aromatic carbocycles. The van der Waals surface area contributed by atoms with Crippen LogP contribution in [0.5, 0.6) is 0 Å². The van der Waals surface area contributed by atoms with Gasteiger partial charge in [0, 0.05) is 25.8 Å². The van der Waals surface area contributed by atoms with Crippen molar-refractivity contribution in [2.24, 2.45) is 0 Å². The highest BCUT2D eigenvalue weighted by molar-refractivity contribution is 5.91. The zero-order valence-electron chi connectivity index (χ0n) is 14.3. The maximum atomic E-state index is 12.8. The third kappa shape index (κ3) is 4.23. The minimum absolute atomic E-state index is 0.113. The average molecular weight is 328 g/mol. The van der Waals surface area contributed by atoms with Crippen molar-refractivity contribution in [3.63, 3.8) is 0 Å². The van der Waals surface area contributed by atoms with E-state index in [1.54, 1.807) is 6.07 Å². The molecule has 5 heteroatoms. The summed E-state index contributed by atoms with van der Waals surface area (Å²) >= 11 is 0. The summed E-state index contributed by atoms with van der Waals surface area (Å²) in [4.78, 5) is 14.6. The summed E-state index contributed by atoms with van der Waals surface area (Å²) in [6, 6.07) is 10.1. The second kappa shape index (κ2) is 7.62. The van der Waals surface area contributed by atoms with Gasteiger partial charge in [-0.25, -0.2) is 0 Å². The molecule has 24 heavy (non-hydrogen) atoms. The molecule has 1 saturated heterocycles. The Morgan fingerprint density at radius 3 is 2.71 bits per heavy atom. The number of aryl methyl sites for hydroxylation is 2. The lowest BCUT2D eigenvalue weighted by Gasteiger charge is -2.24. The number of amides is 1. The minimum Gasteiger partial charge on any atom is -0.376 e. The van der Waals surface area contributed by atoms with Crippen LogP contribution >= 0.6 is 0 Å². The Balaban J connectivity index is 1.68. The molecule has 0 N–H and O–H groups in total. The second-order valence-corrected chi connectivity index (χ2v) is 6.45. The van der Waals surface area contributed by atoms with Gasteiger partial charge < -0.3 is 14.2 Å². The van der Waals surface area contributed by atoms with Crippen molar-refractivity contribution in [2.45, 2.75) is 39.2 Å². The average Bonchev–Trinajstić information content (AvgIpc) is 3.24. The standard InChI is InChI=1S/C19H24N2O3/c1-14-5-7-16(8-6-14)9-10-21(13-17-4-3-11-23-17)19(22)18-12-15(2)20-24-18/h5-8,12,17H,3-4,9-11,13H2,1-2H3. The van der Waals surface area contributed by atoms with Crippen LogP contribution in [0.1, 0.15) is 40.2 Å². The number of hydrogen-bond acceptors (Lipinski definition) is 4. The summed E-state index contributed by atoms with van der Waals surface area (Å²) in [6.45, 7) is 5.91. The molecule has 128 valence electrons. The Morgan fingerprint density at radius 1 is 1.29 bits per heavy atom. The third-order valence-corrected chi connectivity index (χ3v) is 4.36. The van der Waals surface area contributed by atoms with Crippen molar-refractivity contribution in [3.8, 4) is 0 Å². The van der Waals surface area contributed by atoms with Gasteiger partial charge in [0.05, 0.1) is 11.8 Å². The maximum absolute atomic E-state index is 12.8. The molecule has 0 radical (unpaired) electrons. The fourth-order valence-corrected chi connectivity index (χ4v) is 2.95. The number of ether oxygens (including phenoxy) is 1. The summed E-state index contributed by atoms with van der Waals surface area (Å²) in [5.74, 6) is 0.188. The molecule has 1 fully saturated rings. The molecule has 1 unspecified atom stereocenters. The molecule has 0 saturated carbocycles. The number of carbonyl (C=O) groups is 1. The first kappa shape index (κ1) is 16.7. The smallest absolute Gasteiger partial charge is 0.292 e. The van der Waals surface area contributed by atoms with Gasteiger partial charge in [-0.2, -0.15) is 0 Å². The van der Waals surface area contributed by atoms with Crippen molar-refractivity contribution < 1.29 is 14.1 Å². The Bertz CT molecular complexity index is 672. The van der Waals surface area contributed by atoms with Crippen LogP contribution in [-0.4, -0.2) is 41.8 Å². The van der Waals surface area contributed by atoms with Gasteiger partial charge in [0.15, 0.2) is 0 Å². The number of nitrogens with zero attached hydrogens (tertiary/aromatic N) is 2. The van der Waals surface area contributed by atoms with Gasteiger partial charge in [0.1, 0.15) is 0 Å². The lowest BCUT2D eigenvalue weighted by molar-refractivity contribution is 0.0498. The van der Waals surface area contributed by atoms with E-state index < -0.39 is 0 Å². The molecule has 0 aliphatic carbocycles.